The van der Waals surface area contributed by atoms with Crippen LogP contribution in [0, 0.1) is 0 Å². The highest BCUT2D eigenvalue weighted by Gasteiger charge is 2.38. The minimum atomic E-state index is -5.11. The first-order valence-electron chi connectivity index (χ1n) is 28.1. The number of benzene rings is 12. The third-order valence-electron chi connectivity index (χ3n) is 17.1. The van der Waals surface area contributed by atoms with Gasteiger partial charge in [0.1, 0.15) is 0 Å². The fourth-order valence-electron chi connectivity index (χ4n) is 13.4. The van der Waals surface area contributed by atoms with Crippen LogP contribution in [0.15, 0.2) is 255 Å². The van der Waals surface area contributed by atoms with Crippen LogP contribution >= 0.6 is 0 Å². The first-order valence-corrected chi connectivity index (χ1v) is 28.1. The molecule has 5 heterocycles. The largest absolute Gasteiger partial charge is 0.416 e. The van der Waals surface area contributed by atoms with Crippen molar-refractivity contribution in [3.8, 4) is 45.4 Å². The van der Waals surface area contributed by atoms with Gasteiger partial charge >= 0.3 is 12.4 Å². The molecular weight excluding hydrogens is 1090 g/mol. The molecule has 0 saturated carbocycles. The smallest absolute Gasteiger partial charge is 0.309 e. The molecule has 12 aromatic carbocycles. The number of para-hydroxylation sites is 6. The number of hydrogen-bond donors (Lipinski definition) is 0. The number of hydrogen-bond acceptors (Lipinski definition) is 2. The highest BCUT2D eigenvalue weighted by Crippen LogP contribution is 2.45. The first kappa shape index (κ1) is 49.6. The third kappa shape index (κ3) is 7.48. The summed E-state index contributed by atoms with van der Waals surface area (Å²) in [4.78, 5) is 10.5. The number of aromatic nitrogens is 6. The molecule has 410 valence electrons. The molecule has 86 heavy (non-hydrogen) atoms. The van der Waals surface area contributed by atoms with Crippen molar-refractivity contribution in [1.29, 1.82) is 0 Å². The van der Waals surface area contributed by atoms with E-state index in [0.29, 0.717) is 27.8 Å². The maximum atomic E-state index is 14.8. The van der Waals surface area contributed by atoms with Crippen molar-refractivity contribution in [3.63, 3.8) is 0 Å². The van der Waals surface area contributed by atoms with E-state index in [1.165, 1.54) is 0 Å². The molecule has 0 aliphatic carbocycles. The number of alkyl halides is 6. The van der Waals surface area contributed by atoms with Crippen molar-refractivity contribution in [2.75, 3.05) is 0 Å². The zero-order chi connectivity index (χ0) is 57.7. The van der Waals surface area contributed by atoms with Crippen LogP contribution in [0.3, 0.4) is 0 Å². The molecular formula is C74H42F6N6. The van der Waals surface area contributed by atoms with Gasteiger partial charge in [-0.05, 0) is 109 Å². The van der Waals surface area contributed by atoms with E-state index in [-0.39, 0.29) is 28.5 Å². The van der Waals surface area contributed by atoms with Crippen LogP contribution in [0.5, 0.6) is 0 Å². The standard InChI is InChI=1S/C74H42F6N6/c75-73(76,77)46-35-44(36-47(39-46)74(78,79)80)70-61-32-29-43-15-1-2-16-52(43)71(61)82-72(81-70)45-37-50(85-66-27-13-7-21-57(66)59-33-30-48(41-68(59)85)83-62-23-9-3-17-53(62)54-18-4-10-24-63(54)83)40-51(38-45)86-67-28-14-8-22-58(67)60-34-31-49(42-69(60)86)84-64-25-11-5-19-55(64)56-20-6-12-26-65(56)84/h1-42H. The van der Waals surface area contributed by atoms with Gasteiger partial charge in [0.25, 0.3) is 0 Å². The van der Waals surface area contributed by atoms with E-state index >= 15 is 0 Å². The fraction of sp³-hybridized carbons (Fsp3) is 0.0270. The van der Waals surface area contributed by atoms with Crippen molar-refractivity contribution in [2.45, 2.75) is 12.4 Å². The van der Waals surface area contributed by atoms with Crippen molar-refractivity contribution in [2.24, 2.45) is 0 Å². The maximum absolute atomic E-state index is 14.8. The lowest BCUT2D eigenvalue weighted by Gasteiger charge is -2.18. The Morgan fingerprint density at radius 2 is 0.605 bits per heavy atom. The fourth-order valence-corrected chi connectivity index (χ4v) is 13.4. The van der Waals surface area contributed by atoms with E-state index in [1.54, 1.807) is 12.1 Å². The van der Waals surface area contributed by atoms with Crippen LogP contribution in [-0.4, -0.2) is 28.2 Å². The van der Waals surface area contributed by atoms with Gasteiger partial charge in [0.05, 0.1) is 66.5 Å². The molecule has 0 N–H and O–H groups in total. The summed E-state index contributed by atoms with van der Waals surface area (Å²) in [6, 6.07) is 81.6. The Morgan fingerprint density at radius 1 is 0.256 bits per heavy atom. The summed E-state index contributed by atoms with van der Waals surface area (Å²) in [5.41, 5.74) is 8.54. The second-order valence-electron chi connectivity index (χ2n) is 22.0. The average Bonchev–Trinajstić information content (AvgIpc) is 1.61. The molecule has 17 rings (SSSR count). The van der Waals surface area contributed by atoms with Gasteiger partial charge in [-0.25, -0.2) is 9.97 Å². The van der Waals surface area contributed by atoms with Crippen molar-refractivity contribution < 1.29 is 26.3 Å². The normalized spacial score (nSPS) is 12.5. The minimum absolute atomic E-state index is 0.0836. The Hall–Kier alpha value is -11.0. The van der Waals surface area contributed by atoms with Gasteiger partial charge in [-0.3, -0.25) is 0 Å². The van der Waals surface area contributed by atoms with Crippen LogP contribution in [0.2, 0.25) is 0 Å². The van der Waals surface area contributed by atoms with Crippen LogP contribution in [0.4, 0.5) is 26.3 Å². The lowest BCUT2D eigenvalue weighted by Crippen LogP contribution is -2.11. The molecule has 0 saturated heterocycles. The number of rotatable bonds is 6. The Bertz CT molecular complexity index is 5330. The molecule has 0 aliphatic heterocycles. The summed E-state index contributed by atoms with van der Waals surface area (Å²) in [6.45, 7) is 0. The van der Waals surface area contributed by atoms with Gasteiger partial charge in [-0.1, -0.05) is 152 Å². The Morgan fingerprint density at radius 3 is 1.01 bits per heavy atom. The van der Waals surface area contributed by atoms with E-state index in [9.17, 15) is 26.3 Å². The first-order chi connectivity index (χ1) is 41.9. The number of fused-ring (bicyclic) bond motifs is 15. The second-order valence-corrected chi connectivity index (χ2v) is 22.0. The SMILES string of the molecule is FC(F)(F)c1cc(-c2nc(-c3cc(-n4c5ccccc5c5ccc(-n6c7ccccc7c7ccccc76)cc54)cc(-n4c5ccccc5c5ccc(-n6c7ccccc7c7ccccc76)cc54)c3)nc3c2ccc2ccccc23)cc(C(F)(F)F)c1. The van der Waals surface area contributed by atoms with Crippen molar-refractivity contribution >= 4 is 109 Å². The van der Waals surface area contributed by atoms with Crippen LogP contribution in [0.25, 0.3) is 154 Å². The molecule has 0 atom stereocenters. The Kier molecular flexibility index (Phi) is 10.5. The number of nitrogens with zero attached hydrogens (tertiary/aromatic N) is 6. The molecule has 6 nitrogen and oxygen atoms in total. The van der Waals surface area contributed by atoms with Crippen LogP contribution < -0.4 is 0 Å². The highest BCUT2D eigenvalue weighted by molar-refractivity contribution is 6.15. The quantitative estimate of drug-likeness (QED) is 0.123. The van der Waals surface area contributed by atoms with Gasteiger partial charge in [0.15, 0.2) is 5.82 Å². The van der Waals surface area contributed by atoms with E-state index in [0.717, 1.165) is 116 Å². The van der Waals surface area contributed by atoms with Crippen molar-refractivity contribution in [1.82, 2.24) is 28.2 Å². The highest BCUT2D eigenvalue weighted by atomic mass is 19.4. The maximum Gasteiger partial charge on any atom is 0.416 e. The Balaban J connectivity index is 0.992. The molecule has 0 radical (unpaired) electrons. The van der Waals surface area contributed by atoms with Crippen molar-refractivity contribution in [3.05, 3.63) is 266 Å². The van der Waals surface area contributed by atoms with E-state index in [2.05, 4.69) is 158 Å². The topological polar surface area (TPSA) is 45.5 Å². The lowest BCUT2D eigenvalue weighted by atomic mass is 9.98. The van der Waals surface area contributed by atoms with Gasteiger partial charge in [-0.2, -0.15) is 26.3 Å². The van der Waals surface area contributed by atoms with Gasteiger partial charge in [-0.15, -0.1) is 0 Å². The molecule has 0 bridgehead atoms. The van der Waals surface area contributed by atoms with E-state index < -0.39 is 23.5 Å². The molecule has 0 aliphatic rings. The summed E-state index contributed by atoms with van der Waals surface area (Å²) in [5.74, 6) is 0.0939. The predicted molar refractivity (Wildman–Crippen MR) is 335 cm³/mol. The molecule has 0 spiro atoms. The summed E-state index contributed by atoms with van der Waals surface area (Å²) in [5, 5.41) is 10.2. The molecule has 0 unspecified atom stereocenters. The lowest BCUT2D eigenvalue weighted by molar-refractivity contribution is -0.143. The van der Waals surface area contributed by atoms with Crippen LogP contribution in [-0.2, 0) is 12.4 Å². The third-order valence-corrected chi connectivity index (χ3v) is 17.1. The molecule has 0 amide bonds. The average molecular weight is 1130 g/mol. The summed E-state index contributed by atoms with van der Waals surface area (Å²) >= 11 is 0. The van der Waals surface area contributed by atoms with E-state index in [1.807, 2.05) is 84.9 Å². The van der Waals surface area contributed by atoms with E-state index in [4.69, 9.17) is 9.97 Å². The van der Waals surface area contributed by atoms with Crippen LogP contribution in [0.1, 0.15) is 11.1 Å². The molecule has 12 heteroatoms. The second kappa shape index (κ2) is 18.3. The summed E-state index contributed by atoms with van der Waals surface area (Å²) in [7, 11) is 0. The molecule has 17 aromatic rings. The van der Waals surface area contributed by atoms with Gasteiger partial charge in [0, 0.05) is 87.7 Å². The summed E-state index contributed by atoms with van der Waals surface area (Å²) < 4.78 is 97.8. The zero-order valence-electron chi connectivity index (χ0n) is 45.2. The number of halogens is 6. The monoisotopic (exact) mass is 1130 g/mol. The van der Waals surface area contributed by atoms with Gasteiger partial charge in [0.2, 0.25) is 0 Å². The molecule has 0 fully saturated rings. The molecule has 5 aromatic heterocycles. The zero-order valence-corrected chi connectivity index (χ0v) is 45.2. The summed E-state index contributed by atoms with van der Waals surface area (Å²) in [6.07, 6.45) is -10.2. The minimum Gasteiger partial charge on any atom is -0.309 e. The predicted octanol–water partition coefficient (Wildman–Crippen LogP) is 20.5. The Labute approximate surface area is 484 Å². The van der Waals surface area contributed by atoms with Gasteiger partial charge < -0.3 is 18.3 Å².